The van der Waals surface area contributed by atoms with Crippen LogP contribution in [0.25, 0.3) is 0 Å². The van der Waals surface area contributed by atoms with Gasteiger partial charge < -0.3 is 10.2 Å². The molecular weight excluding hydrogens is 407 g/mol. The third kappa shape index (κ3) is 6.76. The molecule has 0 saturated carbocycles. The number of amides is 2. The molecule has 0 aliphatic rings. The fourth-order valence-electron chi connectivity index (χ4n) is 3.07. The van der Waals surface area contributed by atoms with E-state index in [0.29, 0.717) is 23.0 Å². The van der Waals surface area contributed by atoms with Crippen molar-refractivity contribution in [2.24, 2.45) is 0 Å². The van der Waals surface area contributed by atoms with Crippen LogP contribution in [0.15, 0.2) is 48.5 Å². The molecule has 29 heavy (non-hydrogen) atoms. The molecule has 2 amide bonds. The van der Waals surface area contributed by atoms with Crippen LogP contribution in [-0.2, 0) is 22.6 Å². The van der Waals surface area contributed by atoms with E-state index in [1.54, 1.807) is 23.1 Å². The van der Waals surface area contributed by atoms with Crippen molar-refractivity contribution in [3.63, 3.8) is 0 Å². The zero-order chi connectivity index (χ0) is 21.4. The first-order chi connectivity index (χ1) is 13.8. The van der Waals surface area contributed by atoms with E-state index < -0.39 is 6.04 Å². The van der Waals surface area contributed by atoms with E-state index in [1.165, 1.54) is 0 Å². The Labute approximate surface area is 183 Å². The molecule has 2 aromatic carbocycles. The Morgan fingerprint density at radius 1 is 0.966 bits per heavy atom. The minimum Gasteiger partial charge on any atom is -0.352 e. The quantitative estimate of drug-likeness (QED) is 0.584. The number of rotatable bonds is 9. The molecule has 156 valence electrons. The average Bonchev–Trinajstić information content (AvgIpc) is 2.71. The van der Waals surface area contributed by atoms with Crippen LogP contribution < -0.4 is 5.32 Å². The van der Waals surface area contributed by atoms with Gasteiger partial charge in [0.2, 0.25) is 11.8 Å². The van der Waals surface area contributed by atoms with Crippen molar-refractivity contribution in [2.75, 3.05) is 0 Å². The highest BCUT2D eigenvalue weighted by Crippen LogP contribution is 2.23. The molecule has 0 aliphatic carbocycles. The monoisotopic (exact) mass is 434 g/mol. The lowest BCUT2D eigenvalue weighted by Gasteiger charge is -2.31. The van der Waals surface area contributed by atoms with Crippen LogP contribution >= 0.6 is 23.2 Å². The highest BCUT2D eigenvalue weighted by Gasteiger charge is 2.29. The molecule has 0 aromatic heterocycles. The van der Waals surface area contributed by atoms with Gasteiger partial charge in [-0.25, -0.2) is 0 Å². The van der Waals surface area contributed by atoms with Crippen LogP contribution in [0.5, 0.6) is 0 Å². The van der Waals surface area contributed by atoms with Gasteiger partial charge in [-0.05, 0) is 43.0 Å². The van der Waals surface area contributed by atoms with Crippen molar-refractivity contribution in [1.29, 1.82) is 0 Å². The van der Waals surface area contributed by atoms with Gasteiger partial charge in [0.05, 0.1) is 16.5 Å². The van der Waals surface area contributed by atoms with Gasteiger partial charge >= 0.3 is 0 Å². The Hall–Kier alpha value is -2.04. The minimum atomic E-state index is -0.542. The number of nitrogens with one attached hydrogen (secondary N) is 1. The number of nitrogens with zero attached hydrogens (tertiary/aromatic N) is 1. The lowest BCUT2D eigenvalue weighted by atomic mass is 10.1. The maximum atomic E-state index is 13.2. The molecule has 0 saturated heterocycles. The number of carbonyl (C=O) groups is 2. The summed E-state index contributed by atoms with van der Waals surface area (Å²) in [6.07, 6.45) is 1.51. The van der Waals surface area contributed by atoms with E-state index >= 15 is 0 Å². The maximum Gasteiger partial charge on any atom is 0.243 e. The zero-order valence-corrected chi connectivity index (χ0v) is 18.6. The largest absolute Gasteiger partial charge is 0.352 e. The summed E-state index contributed by atoms with van der Waals surface area (Å²) in [6, 6.07) is 14.4. The molecule has 0 aliphatic heterocycles. The smallest absolute Gasteiger partial charge is 0.243 e. The third-order valence-electron chi connectivity index (χ3n) is 4.92. The van der Waals surface area contributed by atoms with Crippen LogP contribution in [0.4, 0.5) is 0 Å². The molecular formula is C23H28Cl2N2O2. The Kier molecular flexibility index (Phi) is 8.99. The summed E-state index contributed by atoms with van der Waals surface area (Å²) < 4.78 is 0. The first kappa shape index (κ1) is 23.2. The summed E-state index contributed by atoms with van der Waals surface area (Å²) in [4.78, 5) is 27.8. The van der Waals surface area contributed by atoms with Crippen molar-refractivity contribution >= 4 is 35.0 Å². The van der Waals surface area contributed by atoms with Crippen LogP contribution in [0.1, 0.15) is 44.7 Å². The van der Waals surface area contributed by atoms with E-state index in [-0.39, 0.29) is 24.3 Å². The topological polar surface area (TPSA) is 49.4 Å². The molecule has 0 radical (unpaired) electrons. The van der Waals surface area contributed by atoms with Gasteiger partial charge in [0.25, 0.3) is 0 Å². The normalized spacial score (nSPS) is 12.9. The first-order valence-electron chi connectivity index (χ1n) is 9.93. The zero-order valence-electron chi connectivity index (χ0n) is 17.1. The average molecular weight is 435 g/mol. The van der Waals surface area contributed by atoms with E-state index in [2.05, 4.69) is 5.32 Å². The summed E-state index contributed by atoms with van der Waals surface area (Å²) in [6.45, 7) is 6.27. The van der Waals surface area contributed by atoms with Gasteiger partial charge in [0.15, 0.2) is 0 Å². The summed E-state index contributed by atoms with van der Waals surface area (Å²) in [5.74, 6) is -0.251. The molecule has 1 N–H and O–H groups in total. The Morgan fingerprint density at radius 3 is 2.24 bits per heavy atom. The minimum absolute atomic E-state index is 0.0558. The van der Waals surface area contributed by atoms with Gasteiger partial charge in [-0.15, -0.1) is 0 Å². The van der Waals surface area contributed by atoms with Gasteiger partial charge in [0, 0.05) is 12.6 Å². The predicted molar refractivity (Wildman–Crippen MR) is 119 cm³/mol. The lowest BCUT2D eigenvalue weighted by Crippen LogP contribution is -2.51. The van der Waals surface area contributed by atoms with Gasteiger partial charge in [0.1, 0.15) is 6.04 Å². The van der Waals surface area contributed by atoms with Crippen LogP contribution in [0.3, 0.4) is 0 Å². The van der Waals surface area contributed by atoms with E-state index in [1.807, 2.05) is 51.1 Å². The number of halogens is 2. The second-order valence-electron chi connectivity index (χ2n) is 7.17. The van der Waals surface area contributed by atoms with Crippen molar-refractivity contribution in [3.8, 4) is 0 Å². The van der Waals surface area contributed by atoms with Crippen LogP contribution in [0, 0.1) is 0 Å². The number of hydrogen-bond acceptors (Lipinski definition) is 2. The van der Waals surface area contributed by atoms with Gasteiger partial charge in [-0.3, -0.25) is 9.59 Å². The molecule has 2 aromatic rings. The van der Waals surface area contributed by atoms with Gasteiger partial charge in [-0.1, -0.05) is 73.4 Å². The standard InChI is InChI=1S/C23H28Cl2N2O2/c1-4-16(3)26-23(29)21(5-2)27(15-17-9-7-6-8-10-17)22(28)14-18-11-12-19(24)20(25)13-18/h6-13,16,21H,4-5,14-15H2,1-3H3,(H,26,29)/t16-,21+/m0/s1. The highest BCUT2D eigenvalue weighted by atomic mass is 35.5. The predicted octanol–water partition coefficient (Wildman–Crippen LogP) is 5.26. The Balaban J connectivity index is 2.27. The fourth-order valence-corrected chi connectivity index (χ4v) is 3.39. The summed E-state index contributed by atoms with van der Waals surface area (Å²) >= 11 is 12.1. The molecule has 2 atom stereocenters. The van der Waals surface area contributed by atoms with E-state index in [0.717, 1.165) is 17.5 Å². The van der Waals surface area contributed by atoms with Crippen LogP contribution in [-0.4, -0.2) is 28.8 Å². The Bertz CT molecular complexity index is 827. The van der Waals surface area contributed by atoms with E-state index in [9.17, 15) is 9.59 Å². The molecule has 0 spiro atoms. The molecule has 4 nitrogen and oxygen atoms in total. The molecule has 0 fully saturated rings. The molecule has 2 rings (SSSR count). The summed E-state index contributed by atoms with van der Waals surface area (Å²) in [5, 5.41) is 3.87. The van der Waals surface area contributed by atoms with Crippen LogP contribution in [0.2, 0.25) is 10.0 Å². The number of hydrogen-bond donors (Lipinski definition) is 1. The Morgan fingerprint density at radius 2 is 1.66 bits per heavy atom. The summed E-state index contributed by atoms with van der Waals surface area (Å²) in [7, 11) is 0. The van der Waals surface area contributed by atoms with Crippen molar-refractivity contribution in [3.05, 3.63) is 69.7 Å². The third-order valence-corrected chi connectivity index (χ3v) is 5.66. The van der Waals surface area contributed by atoms with E-state index in [4.69, 9.17) is 23.2 Å². The molecule has 0 bridgehead atoms. The first-order valence-corrected chi connectivity index (χ1v) is 10.7. The molecule has 6 heteroatoms. The number of carbonyl (C=O) groups excluding carboxylic acids is 2. The lowest BCUT2D eigenvalue weighted by molar-refractivity contribution is -0.141. The SMILES string of the molecule is CC[C@H](C(=O)N[C@@H](C)CC)N(Cc1ccccc1)C(=O)Cc1ccc(Cl)c(Cl)c1. The van der Waals surface area contributed by atoms with Gasteiger partial charge in [-0.2, -0.15) is 0 Å². The van der Waals surface area contributed by atoms with Crippen molar-refractivity contribution in [1.82, 2.24) is 10.2 Å². The number of benzene rings is 2. The summed E-state index contributed by atoms with van der Waals surface area (Å²) in [5.41, 5.74) is 1.74. The maximum absolute atomic E-state index is 13.2. The second kappa shape index (κ2) is 11.2. The molecule has 0 unspecified atom stereocenters. The molecule has 0 heterocycles. The highest BCUT2D eigenvalue weighted by molar-refractivity contribution is 6.42. The fraction of sp³-hybridized carbons (Fsp3) is 0.391. The van der Waals surface area contributed by atoms with Crippen molar-refractivity contribution < 1.29 is 9.59 Å². The van der Waals surface area contributed by atoms with Crippen molar-refractivity contribution in [2.45, 2.75) is 58.7 Å². The second-order valence-corrected chi connectivity index (χ2v) is 7.99.